The van der Waals surface area contributed by atoms with Crippen LogP contribution in [0.25, 0.3) is 0 Å². The molecule has 0 saturated carbocycles. The molecule has 1 aromatic carbocycles. The molecule has 1 aliphatic heterocycles. The number of rotatable bonds is 4. The monoisotopic (exact) mass is 261 g/mol. The molecule has 1 aliphatic rings. The second-order valence-electron chi connectivity index (χ2n) is 4.93. The Balaban J connectivity index is 2.01. The van der Waals surface area contributed by atoms with Crippen molar-refractivity contribution < 1.29 is 14.7 Å². The van der Waals surface area contributed by atoms with Gasteiger partial charge in [0.25, 0.3) is 0 Å². The molecule has 1 unspecified atom stereocenters. The van der Waals surface area contributed by atoms with Gasteiger partial charge >= 0.3 is 5.97 Å². The van der Waals surface area contributed by atoms with Gasteiger partial charge in [0.1, 0.15) is 6.04 Å². The fourth-order valence-electron chi connectivity index (χ4n) is 2.49. The molecule has 1 aromatic rings. The van der Waals surface area contributed by atoms with Crippen molar-refractivity contribution in [3.8, 4) is 0 Å². The zero-order valence-electron chi connectivity index (χ0n) is 11.1. The summed E-state index contributed by atoms with van der Waals surface area (Å²) in [6.45, 7) is 2.64. The van der Waals surface area contributed by atoms with Crippen molar-refractivity contribution >= 4 is 11.9 Å². The van der Waals surface area contributed by atoms with E-state index in [9.17, 15) is 9.59 Å². The molecule has 1 N–H and O–H groups in total. The van der Waals surface area contributed by atoms with E-state index in [1.54, 1.807) is 0 Å². The van der Waals surface area contributed by atoms with Crippen molar-refractivity contribution in [1.29, 1.82) is 0 Å². The van der Waals surface area contributed by atoms with Gasteiger partial charge in [0.15, 0.2) is 0 Å². The number of hydrogen-bond donors (Lipinski definition) is 1. The van der Waals surface area contributed by atoms with Crippen molar-refractivity contribution in [3.63, 3.8) is 0 Å². The summed E-state index contributed by atoms with van der Waals surface area (Å²) in [6, 6.07) is 7.29. The van der Waals surface area contributed by atoms with E-state index in [1.165, 1.54) is 10.5 Å². The quantitative estimate of drug-likeness (QED) is 0.900. The van der Waals surface area contributed by atoms with Crippen molar-refractivity contribution in [3.05, 3.63) is 35.4 Å². The van der Waals surface area contributed by atoms with Crippen LogP contribution in [0.1, 0.15) is 30.9 Å². The van der Waals surface area contributed by atoms with E-state index in [-0.39, 0.29) is 12.3 Å². The van der Waals surface area contributed by atoms with Crippen molar-refractivity contribution in [2.75, 3.05) is 6.54 Å². The molecule has 0 bridgehead atoms. The number of carbonyl (C=O) groups is 2. The van der Waals surface area contributed by atoms with Crippen LogP contribution in [0.2, 0.25) is 0 Å². The standard InChI is InChI=1S/C15H19NO3/c1-2-11-5-7-12(8-6-11)10-14(17)16-9-3-4-13(16)15(18)19/h5-8,13H,2-4,9-10H2,1H3,(H,18,19). The minimum absolute atomic E-state index is 0.0888. The lowest BCUT2D eigenvalue weighted by Gasteiger charge is -2.21. The number of carboxylic acid groups (broad SMARTS) is 1. The van der Waals surface area contributed by atoms with Crippen LogP contribution in [-0.4, -0.2) is 34.5 Å². The van der Waals surface area contributed by atoms with Gasteiger partial charge in [-0.1, -0.05) is 31.2 Å². The van der Waals surface area contributed by atoms with Crippen LogP contribution in [0.15, 0.2) is 24.3 Å². The first-order chi connectivity index (χ1) is 9.11. The fourth-order valence-corrected chi connectivity index (χ4v) is 2.49. The minimum Gasteiger partial charge on any atom is -0.480 e. The Kier molecular flexibility index (Phi) is 4.20. The zero-order valence-corrected chi connectivity index (χ0v) is 11.1. The zero-order chi connectivity index (χ0) is 13.8. The van der Waals surface area contributed by atoms with E-state index in [0.717, 1.165) is 18.4 Å². The predicted octanol–water partition coefficient (Wildman–Crippen LogP) is 1.87. The van der Waals surface area contributed by atoms with Gasteiger partial charge in [-0.05, 0) is 30.4 Å². The lowest BCUT2D eigenvalue weighted by molar-refractivity contribution is -0.148. The van der Waals surface area contributed by atoms with Gasteiger partial charge in [0.2, 0.25) is 5.91 Å². The second-order valence-corrected chi connectivity index (χ2v) is 4.93. The molecule has 4 nitrogen and oxygen atoms in total. The summed E-state index contributed by atoms with van der Waals surface area (Å²) in [5.74, 6) is -0.985. The Labute approximate surface area is 113 Å². The number of aryl methyl sites for hydroxylation is 1. The molecule has 102 valence electrons. The van der Waals surface area contributed by atoms with Crippen LogP contribution in [0, 0.1) is 0 Å². The highest BCUT2D eigenvalue weighted by molar-refractivity contribution is 5.85. The number of hydrogen-bond acceptors (Lipinski definition) is 2. The molecule has 0 radical (unpaired) electrons. The third-order valence-corrected chi connectivity index (χ3v) is 3.64. The van der Waals surface area contributed by atoms with E-state index in [4.69, 9.17) is 5.11 Å². The molecule has 4 heteroatoms. The molecular weight excluding hydrogens is 242 g/mol. The normalized spacial score (nSPS) is 18.6. The summed E-state index contributed by atoms with van der Waals surface area (Å²) in [4.78, 5) is 24.7. The Bertz CT molecular complexity index is 467. The van der Waals surface area contributed by atoms with Gasteiger partial charge in [0.05, 0.1) is 6.42 Å². The number of aliphatic carboxylic acids is 1. The fraction of sp³-hybridized carbons (Fsp3) is 0.467. The highest BCUT2D eigenvalue weighted by Crippen LogP contribution is 2.19. The van der Waals surface area contributed by atoms with E-state index in [2.05, 4.69) is 6.92 Å². The molecular formula is C15H19NO3. The smallest absolute Gasteiger partial charge is 0.326 e. The predicted molar refractivity (Wildman–Crippen MR) is 71.9 cm³/mol. The molecule has 0 aromatic heterocycles. The first kappa shape index (κ1) is 13.6. The summed E-state index contributed by atoms with van der Waals surface area (Å²) < 4.78 is 0. The Morgan fingerprint density at radius 3 is 2.47 bits per heavy atom. The number of amides is 1. The van der Waals surface area contributed by atoms with Crippen molar-refractivity contribution in [2.45, 2.75) is 38.6 Å². The number of benzene rings is 1. The first-order valence-electron chi connectivity index (χ1n) is 6.72. The molecule has 0 aliphatic carbocycles. The topological polar surface area (TPSA) is 57.6 Å². The first-order valence-corrected chi connectivity index (χ1v) is 6.72. The Morgan fingerprint density at radius 2 is 1.89 bits per heavy atom. The molecule has 1 atom stereocenters. The maximum atomic E-state index is 12.1. The minimum atomic E-state index is -0.896. The molecule has 1 heterocycles. The summed E-state index contributed by atoms with van der Waals surface area (Å²) in [5.41, 5.74) is 2.18. The third-order valence-electron chi connectivity index (χ3n) is 3.64. The number of carboxylic acids is 1. The summed E-state index contributed by atoms with van der Waals surface area (Å²) in [6.07, 6.45) is 2.60. The molecule has 1 fully saturated rings. The van der Waals surface area contributed by atoms with Gasteiger partial charge in [-0.25, -0.2) is 4.79 Å². The highest BCUT2D eigenvalue weighted by atomic mass is 16.4. The molecule has 19 heavy (non-hydrogen) atoms. The van der Waals surface area contributed by atoms with Crippen LogP contribution < -0.4 is 0 Å². The van der Waals surface area contributed by atoms with Crippen molar-refractivity contribution in [1.82, 2.24) is 4.90 Å². The van der Waals surface area contributed by atoms with Crippen LogP contribution in [0.3, 0.4) is 0 Å². The van der Waals surface area contributed by atoms with E-state index < -0.39 is 12.0 Å². The van der Waals surface area contributed by atoms with Gasteiger partial charge < -0.3 is 10.0 Å². The van der Waals surface area contributed by atoms with E-state index >= 15 is 0 Å². The van der Waals surface area contributed by atoms with Gasteiger partial charge in [-0.2, -0.15) is 0 Å². The number of carbonyl (C=O) groups excluding carboxylic acids is 1. The van der Waals surface area contributed by atoms with E-state index in [1.807, 2.05) is 24.3 Å². The van der Waals surface area contributed by atoms with Crippen LogP contribution >= 0.6 is 0 Å². The Hall–Kier alpha value is -1.84. The van der Waals surface area contributed by atoms with Crippen LogP contribution in [0.4, 0.5) is 0 Å². The lowest BCUT2D eigenvalue weighted by Crippen LogP contribution is -2.41. The van der Waals surface area contributed by atoms with Crippen LogP contribution in [0.5, 0.6) is 0 Å². The SMILES string of the molecule is CCc1ccc(CC(=O)N2CCCC2C(=O)O)cc1. The third kappa shape index (κ3) is 3.13. The maximum Gasteiger partial charge on any atom is 0.326 e. The average molecular weight is 261 g/mol. The molecule has 1 amide bonds. The van der Waals surface area contributed by atoms with Crippen LogP contribution in [-0.2, 0) is 22.4 Å². The van der Waals surface area contributed by atoms with Gasteiger partial charge in [0, 0.05) is 6.54 Å². The van der Waals surface area contributed by atoms with Gasteiger partial charge in [-0.15, -0.1) is 0 Å². The summed E-state index contributed by atoms with van der Waals surface area (Å²) in [7, 11) is 0. The maximum absolute atomic E-state index is 12.1. The van der Waals surface area contributed by atoms with E-state index in [0.29, 0.717) is 13.0 Å². The number of nitrogens with zero attached hydrogens (tertiary/aromatic N) is 1. The lowest BCUT2D eigenvalue weighted by atomic mass is 10.1. The Morgan fingerprint density at radius 1 is 1.26 bits per heavy atom. The molecule has 2 rings (SSSR count). The summed E-state index contributed by atoms with van der Waals surface area (Å²) >= 11 is 0. The average Bonchev–Trinajstić information content (AvgIpc) is 2.89. The van der Waals surface area contributed by atoms with Gasteiger partial charge in [-0.3, -0.25) is 4.79 Å². The molecule has 0 spiro atoms. The number of likely N-dealkylation sites (tertiary alicyclic amines) is 1. The van der Waals surface area contributed by atoms with Crippen molar-refractivity contribution in [2.24, 2.45) is 0 Å². The highest BCUT2D eigenvalue weighted by Gasteiger charge is 2.33. The second kappa shape index (κ2) is 5.87. The molecule has 1 saturated heterocycles. The largest absolute Gasteiger partial charge is 0.480 e. The summed E-state index contributed by atoms with van der Waals surface area (Å²) in [5, 5.41) is 9.07.